The van der Waals surface area contributed by atoms with Crippen LogP contribution < -0.4 is 5.32 Å². The first-order valence-corrected chi connectivity index (χ1v) is 5.41. The van der Waals surface area contributed by atoms with Gasteiger partial charge in [0.05, 0.1) is 13.0 Å². The van der Waals surface area contributed by atoms with Crippen molar-refractivity contribution in [1.82, 2.24) is 10.2 Å². The van der Waals surface area contributed by atoms with Crippen molar-refractivity contribution in [3.05, 3.63) is 0 Å². The Morgan fingerprint density at radius 2 is 1.88 bits per heavy atom. The Kier molecular flexibility index (Phi) is 6.72. The lowest BCUT2D eigenvalue weighted by Gasteiger charge is -2.19. The molecule has 0 radical (unpaired) electrons. The predicted octanol–water partition coefficient (Wildman–Crippen LogP) is 0.252. The van der Waals surface area contributed by atoms with Crippen molar-refractivity contribution in [1.29, 1.82) is 0 Å². The van der Waals surface area contributed by atoms with Crippen LogP contribution in [0, 0.1) is 5.92 Å². The van der Waals surface area contributed by atoms with Gasteiger partial charge in [0.1, 0.15) is 0 Å². The maximum atomic E-state index is 11.3. The smallest absolute Gasteiger partial charge is 0.309 e. The fraction of sp³-hybridized carbons (Fsp3) is 0.818. The van der Waals surface area contributed by atoms with E-state index in [0.29, 0.717) is 13.0 Å². The molecule has 0 aliphatic rings. The van der Waals surface area contributed by atoms with Crippen LogP contribution in [-0.4, -0.2) is 50.6 Å². The van der Waals surface area contributed by atoms with E-state index in [1.807, 2.05) is 6.92 Å². The quantitative estimate of drug-likeness (QED) is 0.665. The molecule has 2 atom stereocenters. The summed E-state index contributed by atoms with van der Waals surface area (Å²) in [6.07, 6.45) is 0.436. The Labute approximate surface area is 97.1 Å². The van der Waals surface area contributed by atoms with Crippen LogP contribution >= 0.6 is 0 Å². The molecule has 0 rings (SSSR count). The zero-order valence-corrected chi connectivity index (χ0v) is 10.7. The number of carbonyl (C=O) groups is 2. The number of methoxy groups -OCH3 is 1. The molecule has 0 saturated heterocycles. The number of nitrogens with zero attached hydrogens (tertiary/aromatic N) is 1. The molecule has 0 bridgehead atoms. The molecule has 0 fully saturated rings. The SMILES string of the molecule is COC(=O)C(C)C(C)NCCC(=O)N(C)C. The second-order valence-electron chi connectivity index (χ2n) is 4.09. The summed E-state index contributed by atoms with van der Waals surface area (Å²) in [7, 11) is 4.83. The topological polar surface area (TPSA) is 58.6 Å². The van der Waals surface area contributed by atoms with Crippen LogP contribution in [-0.2, 0) is 14.3 Å². The molecule has 0 aliphatic carbocycles. The molecule has 2 unspecified atom stereocenters. The Hall–Kier alpha value is -1.10. The molecule has 94 valence electrons. The van der Waals surface area contributed by atoms with E-state index in [2.05, 4.69) is 10.1 Å². The Balaban J connectivity index is 3.85. The van der Waals surface area contributed by atoms with Gasteiger partial charge in [0.25, 0.3) is 0 Å². The standard InChI is InChI=1S/C11H22N2O3/c1-8(11(15)16-5)9(2)12-7-6-10(14)13(3)4/h8-9,12H,6-7H2,1-5H3. The van der Waals surface area contributed by atoms with E-state index in [0.717, 1.165) is 0 Å². The van der Waals surface area contributed by atoms with Gasteiger partial charge in [-0.15, -0.1) is 0 Å². The van der Waals surface area contributed by atoms with Gasteiger partial charge >= 0.3 is 5.97 Å². The van der Waals surface area contributed by atoms with Gasteiger partial charge in [0.15, 0.2) is 0 Å². The van der Waals surface area contributed by atoms with Gasteiger partial charge in [-0.05, 0) is 6.92 Å². The summed E-state index contributed by atoms with van der Waals surface area (Å²) in [5.74, 6) is -0.371. The van der Waals surface area contributed by atoms with E-state index < -0.39 is 0 Å². The lowest BCUT2D eigenvalue weighted by atomic mass is 10.0. The molecule has 16 heavy (non-hydrogen) atoms. The van der Waals surface area contributed by atoms with Gasteiger partial charge in [0, 0.05) is 33.1 Å². The van der Waals surface area contributed by atoms with Gasteiger partial charge in [-0.3, -0.25) is 9.59 Å². The molecular weight excluding hydrogens is 208 g/mol. The van der Waals surface area contributed by atoms with Crippen LogP contribution in [0.15, 0.2) is 0 Å². The predicted molar refractivity (Wildman–Crippen MR) is 62.0 cm³/mol. The highest BCUT2D eigenvalue weighted by Crippen LogP contribution is 2.04. The summed E-state index contributed by atoms with van der Waals surface area (Å²) in [6, 6.07) is 0.00223. The number of nitrogens with one attached hydrogen (secondary N) is 1. The van der Waals surface area contributed by atoms with E-state index in [-0.39, 0.29) is 23.8 Å². The van der Waals surface area contributed by atoms with Crippen molar-refractivity contribution in [2.24, 2.45) is 5.92 Å². The monoisotopic (exact) mass is 230 g/mol. The minimum Gasteiger partial charge on any atom is -0.469 e. The zero-order chi connectivity index (χ0) is 12.7. The number of amides is 1. The average Bonchev–Trinajstić information content (AvgIpc) is 2.26. The molecule has 0 aromatic carbocycles. The number of hydrogen-bond donors (Lipinski definition) is 1. The van der Waals surface area contributed by atoms with Gasteiger partial charge in [-0.1, -0.05) is 6.92 Å². The molecule has 0 aromatic rings. The minimum absolute atomic E-state index is 0.00223. The van der Waals surface area contributed by atoms with Crippen LogP contribution in [0.4, 0.5) is 0 Å². The summed E-state index contributed by atoms with van der Waals surface area (Å²) < 4.78 is 4.64. The van der Waals surface area contributed by atoms with E-state index in [4.69, 9.17) is 0 Å². The van der Waals surface area contributed by atoms with Crippen LogP contribution in [0.2, 0.25) is 0 Å². The molecular formula is C11H22N2O3. The number of hydrogen-bond acceptors (Lipinski definition) is 4. The van der Waals surface area contributed by atoms with Crippen LogP contribution in [0.1, 0.15) is 20.3 Å². The molecule has 0 aromatic heterocycles. The van der Waals surface area contributed by atoms with Crippen molar-refractivity contribution in [2.45, 2.75) is 26.3 Å². The fourth-order valence-corrected chi connectivity index (χ4v) is 1.20. The van der Waals surface area contributed by atoms with E-state index in [9.17, 15) is 9.59 Å². The van der Waals surface area contributed by atoms with Gasteiger partial charge < -0.3 is 15.0 Å². The number of esters is 1. The first-order chi connectivity index (χ1) is 7.40. The summed E-state index contributed by atoms with van der Waals surface area (Å²) in [4.78, 5) is 24.1. The molecule has 0 aliphatic heterocycles. The first-order valence-electron chi connectivity index (χ1n) is 5.41. The third kappa shape index (κ3) is 5.11. The highest BCUT2D eigenvalue weighted by atomic mass is 16.5. The minimum atomic E-state index is -0.237. The largest absolute Gasteiger partial charge is 0.469 e. The van der Waals surface area contributed by atoms with E-state index in [1.165, 1.54) is 7.11 Å². The summed E-state index contributed by atoms with van der Waals surface area (Å²) in [6.45, 7) is 4.28. The highest BCUT2D eigenvalue weighted by Gasteiger charge is 2.20. The summed E-state index contributed by atoms with van der Waals surface area (Å²) >= 11 is 0. The van der Waals surface area contributed by atoms with Crippen LogP contribution in [0.5, 0.6) is 0 Å². The number of ether oxygens (including phenoxy) is 1. The summed E-state index contributed by atoms with van der Waals surface area (Å²) in [5.41, 5.74) is 0. The fourth-order valence-electron chi connectivity index (χ4n) is 1.20. The Morgan fingerprint density at radius 3 is 2.31 bits per heavy atom. The van der Waals surface area contributed by atoms with Crippen molar-refractivity contribution in [3.63, 3.8) is 0 Å². The normalized spacial score (nSPS) is 14.1. The average molecular weight is 230 g/mol. The molecule has 0 saturated carbocycles. The van der Waals surface area contributed by atoms with Crippen molar-refractivity contribution >= 4 is 11.9 Å². The Bertz CT molecular complexity index is 241. The number of carbonyl (C=O) groups excluding carboxylic acids is 2. The molecule has 1 N–H and O–H groups in total. The third-order valence-corrected chi connectivity index (χ3v) is 2.63. The molecule has 0 heterocycles. The summed E-state index contributed by atoms with van der Waals surface area (Å²) in [5, 5.41) is 3.14. The second kappa shape index (κ2) is 7.22. The lowest BCUT2D eigenvalue weighted by Crippen LogP contribution is -2.38. The lowest BCUT2D eigenvalue weighted by molar-refractivity contribution is -0.145. The van der Waals surface area contributed by atoms with Crippen molar-refractivity contribution in [2.75, 3.05) is 27.7 Å². The van der Waals surface area contributed by atoms with Gasteiger partial charge in [0.2, 0.25) is 5.91 Å². The third-order valence-electron chi connectivity index (χ3n) is 2.63. The maximum Gasteiger partial charge on any atom is 0.309 e. The molecule has 0 spiro atoms. The Morgan fingerprint density at radius 1 is 1.31 bits per heavy atom. The van der Waals surface area contributed by atoms with Crippen molar-refractivity contribution < 1.29 is 14.3 Å². The molecule has 1 amide bonds. The number of rotatable bonds is 6. The molecule has 5 heteroatoms. The highest BCUT2D eigenvalue weighted by molar-refractivity contribution is 5.75. The van der Waals surface area contributed by atoms with Crippen molar-refractivity contribution in [3.8, 4) is 0 Å². The van der Waals surface area contributed by atoms with E-state index in [1.54, 1.807) is 25.9 Å². The van der Waals surface area contributed by atoms with Crippen LogP contribution in [0.25, 0.3) is 0 Å². The van der Waals surface area contributed by atoms with Gasteiger partial charge in [-0.25, -0.2) is 0 Å². The maximum absolute atomic E-state index is 11.3. The second-order valence-corrected chi connectivity index (χ2v) is 4.09. The van der Waals surface area contributed by atoms with E-state index >= 15 is 0 Å². The zero-order valence-electron chi connectivity index (χ0n) is 10.7. The molecule has 5 nitrogen and oxygen atoms in total. The van der Waals surface area contributed by atoms with Gasteiger partial charge in [-0.2, -0.15) is 0 Å². The first kappa shape index (κ1) is 14.9. The van der Waals surface area contributed by atoms with Crippen LogP contribution in [0.3, 0.4) is 0 Å².